The van der Waals surface area contributed by atoms with E-state index in [9.17, 15) is 4.79 Å². The number of carbonyl (C=O) groups is 1. The highest BCUT2D eigenvalue weighted by atomic mass is 16.1. The molecule has 0 heterocycles. The zero-order valence-corrected chi connectivity index (χ0v) is 14.3. The smallest absolute Gasteiger partial charge is 0.137 e. The SMILES string of the molecule is CCC1CCC(=O)C(CN(CC(C)C)C(CC)CC)C1. The van der Waals surface area contributed by atoms with Gasteiger partial charge in [0.15, 0.2) is 0 Å². The van der Waals surface area contributed by atoms with Crippen LogP contribution in [0.3, 0.4) is 0 Å². The summed E-state index contributed by atoms with van der Waals surface area (Å²) in [7, 11) is 0. The molecule has 0 spiro atoms. The van der Waals surface area contributed by atoms with E-state index >= 15 is 0 Å². The van der Waals surface area contributed by atoms with Crippen LogP contribution in [0.25, 0.3) is 0 Å². The largest absolute Gasteiger partial charge is 0.299 e. The molecular formula is C18H35NO. The van der Waals surface area contributed by atoms with E-state index in [1.807, 2.05) is 0 Å². The van der Waals surface area contributed by atoms with Crippen molar-refractivity contribution in [2.75, 3.05) is 13.1 Å². The van der Waals surface area contributed by atoms with Gasteiger partial charge in [-0.2, -0.15) is 0 Å². The second-order valence-electron chi connectivity index (χ2n) is 7.03. The predicted octanol–water partition coefficient (Wildman–Crippen LogP) is 4.53. The van der Waals surface area contributed by atoms with Crippen LogP contribution < -0.4 is 0 Å². The van der Waals surface area contributed by atoms with Gasteiger partial charge in [-0.05, 0) is 37.5 Å². The Kier molecular flexibility index (Phi) is 7.79. The Bertz CT molecular complexity index is 283. The normalized spacial score (nSPS) is 24.1. The van der Waals surface area contributed by atoms with E-state index < -0.39 is 0 Å². The predicted molar refractivity (Wildman–Crippen MR) is 86.9 cm³/mol. The number of carbonyl (C=O) groups excluding carboxylic acids is 1. The number of Topliss-reactive ketones (excluding diaryl/α,β-unsaturated/α-hetero) is 1. The fraction of sp³-hybridized carbons (Fsp3) is 0.944. The van der Waals surface area contributed by atoms with Crippen LogP contribution in [-0.4, -0.2) is 29.8 Å². The number of nitrogens with zero attached hydrogens (tertiary/aromatic N) is 1. The summed E-state index contributed by atoms with van der Waals surface area (Å²) in [5.41, 5.74) is 0. The third kappa shape index (κ3) is 5.20. The number of hydrogen-bond acceptors (Lipinski definition) is 2. The summed E-state index contributed by atoms with van der Waals surface area (Å²) in [5, 5.41) is 0. The summed E-state index contributed by atoms with van der Waals surface area (Å²) < 4.78 is 0. The van der Waals surface area contributed by atoms with Gasteiger partial charge in [-0.25, -0.2) is 0 Å². The molecule has 1 fully saturated rings. The molecule has 0 aromatic heterocycles. The molecule has 0 aliphatic heterocycles. The molecule has 0 amide bonds. The molecule has 0 aromatic carbocycles. The van der Waals surface area contributed by atoms with Gasteiger partial charge in [-0.1, -0.05) is 41.0 Å². The molecule has 1 rings (SSSR count). The highest BCUT2D eigenvalue weighted by Gasteiger charge is 2.30. The van der Waals surface area contributed by atoms with Crippen LogP contribution in [0.5, 0.6) is 0 Å². The van der Waals surface area contributed by atoms with Gasteiger partial charge in [0.25, 0.3) is 0 Å². The molecule has 0 saturated heterocycles. The molecule has 118 valence electrons. The van der Waals surface area contributed by atoms with Crippen molar-refractivity contribution in [3.05, 3.63) is 0 Å². The van der Waals surface area contributed by atoms with E-state index in [1.165, 1.54) is 19.3 Å². The van der Waals surface area contributed by atoms with Crippen molar-refractivity contribution in [2.24, 2.45) is 17.8 Å². The molecule has 2 heteroatoms. The first-order chi connectivity index (χ1) is 9.51. The lowest BCUT2D eigenvalue weighted by atomic mass is 9.79. The van der Waals surface area contributed by atoms with Crippen molar-refractivity contribution in [3.8, 4) is 0 Å². The summed E-state index contributed by atoms with van der Waals surface area (Å²) in [6.07, 6.45) is 6.70. The van der Waals surface area contributed by atoms with Gasteiger partial charge >= 0.3 is 0 Å². The molecule has 0 N–H and O–H groups in total. The Labute approximate surface area is 126 Å². The molecule has 2 atom stereocenters. The van der Waals surface area contributed by atoms with Crippen LogP contribution in [0.2, 0.25) is 0 Å². The van der Waals surface area contributed by atoms with E-state index in [-0.39, 0.29) is 0 Å². The summed E-state index contributed by atoms with van der Waals surface area (Å²) in [4.78, 5) is 14.9. The zero-order valence-electron chi connectivity index (χ0n) is 14.3. The molecule has 0 bridgehead atoms. The minimum Gasteiger partial charge on any atom is -0.299 e. The van der Waals surface area contributed by atoms with Crippen LogP contribution >= 0.6 is 0 Å². The second-order valence-corrected chi connectivity index (χ2v) is 7.03. The summed E-state index contributed by atoms with van der Waals surface area (Å²) in [6.45, 7) is 13.5. The van der Waals surface area contributed by atoms with Crippen LogP contribution in [0.15, 0.2) is 0 Å². The molecule has 0 radical (unpaired) electrons. The number of rotatable bonds is 8. The minimum absolute atomic E-state index is 0.299. The average Bonchev–Trinajstić information content (AvgIpc) is 2.41. The molecule has 1 aliphatic carbocycles. The van der Waals surface area contributed by atoms with E-state index in [0.717, 1.165) is 38.3 Å². The van der Waals surface area contributed by atoms with E-state index in [4.69, 9.17) is 0 Å². The van der Waals surface area contributed by atoms with Gasteiger partial charge in [-0.15, -0.1) is 0 Å². The van der Waals surface area contributed by atoms with Crippen LogP contribution in [0.1, 0.15) is 73.1 Å². The molecule has 2 unspecified atom stereocenters. The van der Waals surface area contributed by atoms with Crippen LogP contribution in [-0.2, 0) is 4.79 Å². The lowest BCUT2D eigenvalue weighted by molar-refractivity contribution is -0.126. The Morgan fingerprint density at radius 2 is 1.85 bits per heavy atom. The van der Waals surface area contributed by atoms with Gasteiger partial charge in [0.05, 0.1) is 0 Å². The first kappa shape index (κ1) is 17.7. The third-order valence-corrected chi connectivity index (χ3v) is 4.96. The topological polar surface area (TPSA) is 20.3 Å². The van der Waals surface area contributed by atoms with E-state index in [0.29, 0.717) is 23.7 Å². The Hall–Kier alpha value is -0.370. The van der Waals surface area contributed by atoms with Crippen LogP contribution in [0, 0.1) is 17.8 Å². The Morgan fingerprint density at radius 3 is 2.35 bits per heavy atom. The second kappa shape index (κ2) is 8.81. The first-order valence-corrected chi connectivity index (χ1v) is 8.78. The summed E-state index contributed by atoms with van der Waals surface area (Å²) in [5.74, 6) is 2.28. The fourth-order valence-corrected chi connectivity index (χ4v) is 3.68. The van der Waals surface area contributed by atoms with E-state index in [2.05, 4.69) is 39.5 Å². The quantitative estimate of drug-likeness (QED) is 0.651. The van der Waals surface area contributed by atoms with Gasteiger partial charge in [0, 0.05) is 31.5 Å². The van der Waals surface area contributed by atoms with Gasteiger partial charge in [-0.3, -0.25) is 9.69 Å². The molecule has 0 aromatic rings. The molecular weight excluding hydrogens is 246 g/mol. The lowest BCUT2D eigenvalue weighted by Gasteiger charge is -2.37. The number of hydrogen-bond donors (Lipinski definition) is 0. The monoisotopic (exact) mass is 281 g/mol. The molecule has 1 saturated carbocycles. The summed E-state index contributed by atoms with van der Waals surface area (Å²) >= 11 is 0. The highest BCUT2D eigenvalue weighted by molar-refractivity contribution is 5.81. The molecule has 1 aliphatic rings. The van der Waals surface area contributed by atoms with Crippen molar-refractivity contribution in [1.29, 1.82) is 0 Å². The van der Waals surface area contributed by atoms with Crippen molar-refractivity contribution >= 4 is 5.78 Å². The van der Waals surface area contributed by atoms with Crippen molar-refractivity contribution in [3.63, 3.8) is 0 Å². The van der Waals surface area contributed by atoms with Gasteiger partial charge in [0.2, 0.25) is 0 Å². The van der Waals surface area contributed by atoms with Crippen molar-refractivity contribution < 1.29 is 4.79 Å². The Balaban J connectivity index is 2.68. The van der Waals surface area contributed by atoms with E-state index in [1.54, 1.807) is 0 Å². The van der Waals surface area contributed by atoms with Crippen LogP contribution in [0.4, 0.5) is 0 Å². The average molecular weight is 281 g/mol. The van der Waals surface area contributed by atoms with Gasteiger partial charge in [0.1, 0.15) is 5.78 Å². The maximum Gasteiger partial charge on any atom is 0.137 e. The fourth-order valence-electron chi connectivity index (χ4n) is 3.68. The third-order valence-electron chi connectivity index (χ3n) is 4.96. The first-order valence-electron chi connectivity index (χ1n) is 8.78. The summed E-state index contributed by atoms with van der Waals surface area (Å²) in [6, 6.07) is 0.646. The minimum atomic E-state index is 0.299. The molecule has 20 heavy (non-hydrogen) atoms. The standard InChI is InChI=1S/C18H35NO/c1-6-15-9-10-18(20)16(11-15)13-19(12-14(4)5)17(7-2)8-3/h14-17H,6-13H2,1-5H3. The highest BCUT2D eigenvalue weighted by Crippen LogP contribution is 2.30. The maximum absolute atomic E-state index is 12.2. The van der Waals surface area contributed by atoms with Gasteiger partial charge < -0.3 is 0 Å². The lowest BCUT2D eigenvalue weighted by Crippen LogP contribution is -2.43. The number of ketones is 1. The zero-order chi connectivity index (χ0) is 15.1. The van der Waals surface area contributed by atoms with Crippen molar-refractivity contribution in [2.45, 2.75) is 79.2 Å². The molecule has 2 nitrogen and oxygen atoms in total. The Morgan fingerprint density at radius 1 is 1.20 bits per heavy atom. The van der Waals surface area contributed by atoms with Crippen molar-refractivity contribution in [1.82, 2.24) is 4.90 Å². The maximum atomic E-state index is 12.2.